The van der Waals surface area contributed by atoms with Crippen LogP contribution in [-0.2, 0) is 11.3 Å². The summed E-state index contributed by atoms with van der Waals surface area (Å²) in [7, 11) is 1.58. The van der Waals surface area contributed by atoms with Gasteiger partial charge in [0.05, 0.1) is 29.5 Å². The number of ether oxygens (including phenoxy) is 1. The first-order valence-electron chi connectivity index (χ1n) is 6.30. The number of alkyl halides is 2. The van der Waals surface area contributed by atoms with Crippen molar-refractivity contribution in [2.45, 2.75) is 19.1 Å². The molecular formula is C14H15BrF2N2O2. The van der Waals surface area contributed by atoms with Gasteiger partial charge in [0, 0.05) is 12.7 Å². The first-order valence-corrected chi connectivity index (χ1v) is 7.10. The van der Waals surface area contributed by atoms with Crippen molar-refractivity contribution in [3.8, 4) is 0 Å². The Hall–Kier alpha value is -1.31. The van der Waals surface area contributed by atoms with Crippen molar-refractivity contribution in [2.75, 3.05) is 13.7 Å². The van der Waals surface area contributed by atoms with Gasteiger partial charge in [0.25, 0.3) is 6.43 Å². The summed E-state index contributed by atoms with van der Waals surface area (Å²) < 4.78 is 32.4. The fourth-order valence-corrected chi connectivity index (χ4v) is 2.49. The molecule has 1 unspecified atom stereocenters. The number of halogens is 3. The van der Waals surface area contributed by atoms with Crippen molar-refractivity contribution in [3.05, 3.63) is 51.8 Å². The summed E-state index contributed by atoms with van der Waals surface area (Å²) in [5.74, 6) is 0. The van der Waals surface area contributed by atoms with Gasteiger partial charge in [-0.2, -0.15) is 5.10 Å². The minimum atomic E-state index is -2.52. The molecule has 7 heteroatoms. The van der Waals surface area contributed by atoms with Crippen molar-refractivity contribution >= 4 is 15.9 Å². The van der Waals surface area contributed by atoms with Gasteiger partial charge in [-0.25, -0.2) is 8.78 Å². The van der Waals surface area contributed by atoms with E-state index in [1.54, 1.807) is 18.0 Å². The van der Waals surface area contributed by atoms with Crippen LogP contribution in [0.15, 0.2) is 34.9 Å². The van der Waals surface area contributed by atoms with Gasteiger partial charge in [0.15, 0.2) is 0 Å². The highest BCUT2D eigenvalue weighted by atomic mass is 79.9. The third-order valence-electron chi connectivity index (χ3n) is 3.10. The molecule has 0 fully saturated rings. The summed E-state index contributed by atoms with van der Waals surface area (Å²) in [5.41, 5.74) is 1.02. The molecule has 21 heavy (non-hydrogen) atoms. The van der Waals surface area contributed by atoms with Gasteiger partial charge in [0.2, 0.25) is 0 Å². The lowest BCUT2D eigenvalue weighted by Gasteiger charge is -2.15. The number of rotatable bonds is 6. The van der Waals surface area contributed by atoms with Crippen molar-refractivity contribution in [1.82, 2.24) is 9.78 Å². The number of aliphatic hydroxyl groups excluding tert-OH is 1. The maximum Gasteiger partial charge on any atom is 0.263 e. The number of aromatic nitrogens is 2. The largest absolute Gasteiger partial charge is 0.383 e. The maximum atomic E-state index is 12.5. The van der Waals surface area contributed by atoms with Crippen molar-refractivity contribution in [3.63, 3.8) is 0 Å². The van der Waals surface area contributed by atoms with E-state index in [1.807, 2.05) is 0 Å². The van der Waals surface area contributed by atoms with Crippen LogP contribution in [0, 0.1) is 0 Å². The van der Waals surface area contributed by atoms with E-state index in [1.165, 1.54) is 24.3 Å². The van der Waals surface area contributed by atoms with Crippen LogP contribution in [0.4, 0.5) is 8.78 Å². The Bertz CT molecular complexity index is 587. The molecule has 0 saturated heterocycles. The molecule has 2 aromatic rings. The molecule has 0 aliphatic carbocycles. The molecule has 4 nitrogen and oxygen atoms in total. The Labute approximate surface area is 129 Å². The average molecular weight is 361 g/mol. The lowest BCUT2D eigenvalue weighted by atomic mass is 10.0. The molecule has 0 saturated carbocycles. The van der Waals surface area contributed by atoms with Gasteiger partial charge < -0.3 is 9.84 Å². The smallest absolute Gasteiger partial charge is 0.263 e. The zero-order valence-electron chi connectivity index (χ0n) is 11.3. The summed E-state index contributed by atoms with van der Waals surface area (Å²) >= 11 is 3.34. The normalized spacial score (nSPS) is 12.9. The highest BCUT2D eigenvalue weighted by Gasteiger charge is 2.20. The standard InChI is InChI=1S/C14H15BrF2N2O2/c1-21-7-6-19-12(11(15)8-18-19)13(20)9-2-4-10(5-3-9)14(16)17/h2-5,8,13-14,20H,6-7H2,1H3. The summed E-state index contributed by atoms with van der Waals surface area (Å²) in [6, 6.07) is 5.61. The molecule has 2 rings (SSSR count). The monoisotopic (exact) mass is 360 g/mol. The van der Waals surface area contributed by atoms with Crippen LogP contribution in [0.3, 0.4) is 0 Å². The van der Waals surface area contributed by atoms with Gasteiger partial charge in [-0.3, -0.25) is 4.68 Å². The van der Waals surface area contributed by atoms with E-state index < -0.39 is 12.5 Å². The average Bonchev–Trinajstić information content (AvgIpc) is 2.85. The Morgan fingerprint density at radius 1 is 1.29 bits per heavy atom. The number of nitrogens with zero attached hydrogens (tertiary/aromatic N) is 2. The maximum absolute atomic E-state index is 12.5. The summed E-state index contributed by atoms with van der Waals surface area (Å²) in [6.45, 7) is 0.946. The molecule has 0 amide bonds. The van der Waals surface area contributed by atoms with Crippen LogP contribution in [0.2, 0.25) is 0 Å². The number of benzene rings is 1. The van der Waals surface area contributed by atoms with E-state index in [4.69, 9.17) is 4.74 Å². The van der Waals surface area contributed by atoms with Crippen LogP contribution in [-0.4, -0.2) is 28.6 Å². The molecule has 1 aromatic carbocycles. The zero-order chi connectivity index (χ0) is 15.4. The predicted octanol–water partition coefficient (Wildman–Crippen LogP) is 3.31. The Morgan fingerprint density at radius 2 is 1.90 bits per heavy atom. The molecule has 0 bridgehead atoms. The second-order valence-corrected chi connectivity index (χ2v) is 5.32. The first-order chi connectivity index (χ1) is 10.0. The molecule has 1 N–H and O–H groups in total. The van der Waals surface area contributed by atoms with E-state index in [0.717, 1.165) is 0 Å². The summed E-state index contributed by atoms with van der Waals surface area (Å²) in [5, 5.41) is 14.6. The van der Waals surface area contributed by atoms with Gasteiger partial charge in [-0.1, -0.05) is 24.3 Å². The van der Waals surface area contributed by atoms with E-state index in [2.05, 4.69) is 21.0 Å². The molecule has 0 aliphatic heterocycles. The Kier molecular flexibility index (Phi) is 5.44. The topological polar surface area (TPSA) is 47.3 Å². The predicted molar refractivity (Wildman–Crippen MR) is 77.3 cm³/mol. The van der Waals surface area contributed by atoms with Crippen molar-refractivity contribution in [2.24, 2.45) is 0 Å². The first kappa shape index (κ1) is 16.1. The SMILES string of the molecule is COCCn1ncc(Br)c1C(O)c1ccc(C(F)F)cc1. The molecule has 1 heterocycles. The highest BCUT2D eigenvalue weighted by Crippen LogP contribution is 2.29. The second-order valence-electron chi connectivity index (χ2n) is 4.46. The fourth-order valence-electron chi connectivity index (χ4n) is 1.98. The molecule has 0 aliphatic rings. The molecule has 114 valence electrons. The molecule has 0 spiro atoms. The van der Waals surface area contributed by atoms with E-state index in [9.17, 15) is 13.9 Å². The van der Waals surface area contributed by atoms with Gasteiger partial charge in [-0.05, 0) is 21.5 Å². The second kappa shape index (κ2) is 7.11. The van der Waals surface area contributed by atoms with Crippen LogP contribution in [0.25, 0.3) is 0 Å². The summed E-state index contributed by atoms with van der Waals surface area (Å²) in [6.07, 6.45) is -1.89. The number of methoxy groups -OCH3 is 1. The van der Waals surface area contributed by atoms with Crippen LogP contribution in [0.5, 0.6) is 0 Å². The minimum absolute atomic E-state index is 0.0714. The van der Waals surface area contributed by atoms with Crippen LogP contribution in [0.1, 0.15) is 29.4 Å². The van der Waals surface area contributed by atoms with E-state index in [-0.39, 0.29) is 5.56 Å². The van der Waals surface area contributed by atoms with Gasteiger partial charge in [-0.15, -0.1) is 0 Å². The van der Waals surface area contributed by atoms with Crippen LogP contribution >= 0.6 is 15.9 Å². The molecular weight excluding hydrogens is 346 g/mol. The van der Waals surface area contributed by atoms with Crippen molar-refractivity contribution in [1.29, 1.82) is 0 Å². The Morgan fingerprint density at radius 3 is 2.48 bits per heavy atom. The lowest BCUT2D eigenvalue weighted by Crippen LogP contribution is -2.13. The fraction of sp³-hybridized carbons (Fsp3) is 0.357. The minimum Gasteiger partial charge on any atom is -0.383 e. The third-order valence-corrected chi connectivity index (χ3v) is 3.71. The number of hydrogen-bond donors (Lipinski definition) is 1. The Balaban J connectivity index is 2.26. The number of aliphatic hydroxyl groups is 1. The van der Waals surface area contributed by atoms with Gasteiger partial charge >= 0.3 is 0 Å². The van der Waals surface area contributed by atoms with Crippen molar-refractivity contribution < 1.29 is 18.6 Å². The zero-order valence-corrected chi connectivity index (χ0v) is 12.9. The molecule has 1 atom stereocenters. The number of hydrogen-bond acceptors (Lipinski definition) is 3. The lowest BCUT2D eigenvalue weighted by molar-refractivity contribution is 0.151. The van der Waals surface area contributed by atoms with E-state index >= 15 is 0 Å². The highest BCUT2D eigenvalue weighted by molar-refractivity contribution is 9.10. The van der Waals surface area contributed by atoms with Gasteiger partial charge in [0.1, 0.15) is 6.10 Å². The molecule has 0 radical (unpaired) electrons. The van der Waals surface area contributed by atoms with E-state index in [0.29, 0.717) is 28.9 Å². The van der Waals surface area contributed by atoms with Crippen LogP contribution < -0.4 is 0 Å². The summed E-state index contributed by atoms with van der Waals surface area (Å²) in [4.78, 5) is 0. The quantitative estimate of drug-likeness (QED) is 0.859. The molecule has 1 aromatic heterocycles. The third kappa shape index (κ3) is 3.66.